The van der Waals surface area contributed by atoms with Crippen molar-refractivity contribution < 1.29 is 14.2 Å². The molecule has 11 heteroatoms. The number of ether oxygens (including phenoxy) is 1. The minimum absolute atomic E-state index is 0.0438. The third-order valence-corrected chi connectivity index (χ3v) is 6.42. The summed E-state index contributed by atoms with van der Waals surface area (Å²) in [5.74, 6) is -0.0591. The first kappa shape index (κ1) is 26.2. The van der Waals surface area contributed by atoms with Crippen LogP contribution in [-0.2, 0) is 19.8 Å². The summed E-state index contributed by atoms with van der Waals surface area (Å²) in [6.45, 7) is 1.73. The van der Waals surface area contributed by atoms with Crippen molar-refractivity contribution in [3.63, 3.8) is 0 Å². The van der Waals surface area contributed by atoms with E-state index in [1.54, 1.807) is 54.2 Å². The van der Waals surface area contributed by atoms with Crippen LogP contribution in [0.3, 0.4) is 0 Å². The molecule has 0 saturated carbocycles. The van der Waals surface area contributed by atoms with Crippen molar-refractivity contribution in [2.75, 3.05) is 7.05 Å². The molecule has 0 amide bonds. The van der Waals surface area contributed by atoms with Crippen LogP contribution in [0.2, 0.25) is 5.02 Å². The summed E-state index contributed by atoms with van der Waals surface area (Å²) in [7, 11) is 1.61. The fourth-order valence-corrected chi connectivity index (χ4v) is 4.63. The number of pyridine rings is 3. The van der Waals surface area contributed by atoms with Crippen molar-refractivity contribution in [1.29, 1.82) is 0 Å². The standard InChI is InChI=1S/C28H24ClFN6O3/c1-17-9-23(29)22(24(33-17)14-35-8-4-5-18(11-31-2)28(35)38)16-39-26-7-3-6-21-25(36-13-19(30)12-32-36)10-20(15-37)34-27(21)26/h3-13,37H,14-16H2,1-2H3. The number of hydrogen-bond donors (Lipinski definition) is 1. The van der Waals surface area contributed by atoms with Gasteiger partial charge in [-0.3, -0.25) is 14.8 Å². The lowest BCUT2D eigenvalue weighted by Crippen LogP contribution is -2.24. The normalized spacial score (nSPS) is 11.5. The Morgan fingerprint density at radius 3 is 2.79 bits per heavy atom. The molecule has 0 aliphatic rings. The third kappa shape index (κ3) is 5.43. The monoisotopic (exact) mass is 546 g/mol. The summed E-state index contributed by atoms with van der Waals surface area (Å²) in [6.07, 6.45) is 5.55. The maximum atomic E-state index is 13.7. The van der Waals surface area contributed by atoms with Crippen LogP contribution in [-0.4, -0.2) is 42.7 Å². The maximum Gasteiger partial charge on any atom is 0.259 e. The largest absolute Gasteiger partial charge is 0.486 e. The Labute approximate surface area is 227 Å². The number of nitrogens with zero attached hydrogens (tertiary/aromatic N) is 6. The highest BCUT2D eigenvalue weighted by molar-refractivity contribution is 6.31. The van der Waals surface area contributed by atoms with E-state index in [2.05, 4.69) is 20.1 Å². The molecule has 198 valence electrons. The van der Waals surface area contributed by atoms with Gasteiger partial charge < -0.3 is 14.4 Å². The van der Waals surface area contributed by atoms with E-state index in [-0.39, 0.29) is 25.3 Å². The second-order valence-corrected chi connectivity index (χ2v) is 9.20. The SMILES string of the molecule is CN=Cc1cccn(Cc2nc(C)cc(Cl)c2COc2cccc3c(-n4cc(F)cn4)cc(CO)nc23)c1=O. The Kier molecular flexibility index (Phi) is 7.49. The lowest BCUT2D eigenvalue weighted by atomic mass is 10.1. The molecule has 9 nitrogen and oxygen atoms in total. The average molecular weight is 547 g/mol. The Morgan fingerprint density at radius 1 is 1.21 bits per heavy atom. The number of halogens is 2. The van der Waals surface area contributed by atoms with Gasteiger partial charge in [0.05, 0.1) is 53.2 Å². The zero-order valence-electron chi connectivity index (χ0n) is 21.2. The molecule has 0 aliphatic heterocycles. The van der Waals surface area contributed by atoms with Crippen molar-refractivity contribution in [2.45, 2.75) is 26.7 Å². The van der Waals surface area contributed by atoms with Crippen molar-refractivity contribution in [1.82, 2.24) is 24.3 Å². The molecule has 0 fully saturated rings. The maximum absolute atomic E-state index is 13.7. The van der Waals surface area contributed by atoms with Crippen LogP contribution >= 0.6 is 11.6 Å². The van der Waals surface area contributed by atoms with E-state index >= 15 is 0 Å². The van der Waals surface area contributed by atoms with Gasteiger partial charge >= 0.3 is 0 Å². The molecule has 4 heterocycles. The molecule has 0 saturated heterocycles. The van der Waals surface area contributed by atoms with Gasteiger partial charge in [-0.1, -0.05) is 23.7 Å². The molecule has 0 aliphatic carbocycles. The van der Waals surface area contributed by atoms with Crippen molar-refractivity contribution >= 4 is 28.7 Å². The first-order valence-corrected chi connectivity index (χ1v) is 12.4. The Morgan fingerprint density at radius 2 is 2.05 bits per heavy atom. The van der Waals surface area contributed by atoms with Crippen molar-refractivity contribution in [3.05, 3.63) is 110 Å². The zero-order chi connectivity index (χ0) is 27.5. The van der Waals surface area contributed by atoms with Crippen LogP contribution in [0.5, 0.6) is 5.75 Å². The number of fused-ring (bicyclic) bond motifs is 1. The highest BCUT2D eigenvalue weighted by Crippen LogP contribution is 2.31. The third-order valence-electron chi connectivity index (χ3n) is 6.09. The van der Waals surface area contributed by atoms with Gasteiger partial charge in [0.15, 0.2) is 5.82 Å². The average Bonchev–Trinajstić information content (AvgIpc) is 3.36. The van der Waals surface area contributed by atoms with E-state index in [0.29, 0.717) is 55.6 Å². The fourth-order valence-electron chi connectivity index (χ4n) is 4.31. The van der Waals surface area contributed by atoms with E-state index in [1.165, 1.54) is 17.1 Å². The first-order chi connectivity index (χ1) is 18.9. The van der Waals surface area contributed by atoms with Crippen LogP contribution in [0.25, 0.3) is 16.6 Å². The highest BCUT2D eigenvalue weighted by atomic mass is 35.5. The summed E-state index contributed by atoms with van der Waals surface area (Å²) in [5, 5.41) is 15.0. The summed E-state index contributed by atoms with van der Waals surface area (Å²) in [5.41, 5.74) is 3.55. The number of para-hydroxylation sites is 1. The Hall–Kier alpha value is -4.41. The second-order valence-electron chi connectivity index (χ2n) is 8.79. The van der Waals surface area contributed by atoms with E-state index in [0.717, 1.165) is 6.20 Å². The predicted molar refractivity (Wildman–Crippen MR) is 146 cm³/mol. The number of aryl methyl sites for hydroxylation is 1. The van der Waals surface area contributed by atoms with E-state index < -0.39 is 5.82 Å². The number of aliphatic hydroxyl groups is 1. The Balaban J connectivity index is 1.53. The molecule has 39 heavy (non-hydrogen) atoms. The number of benzene rings is 1. The first-order valence-electron chi connectivity index (χ1n) is 12.0. The molecule has 0 bridgehead atoms. The number of rotatable bonds is 8. The van der Waals surface area contributed by atoms with E-state index in [4.69, 9.17) is 16.3 Å². The van der Waals surface area contributed by atoms with Crippen LogP contribution in [0.4, 0.5) is 4.39 Å². The smallest absolute Gasteiger partial charge is 0.259 e. The molecule has 5 aromatic rings. The van der Waals surface area contributed by atoms with Gasteiger partial charge in [-0.05, 0) is 37.3 Å². The summed E-state index contributed by atoms with van der Waals surface area (Å²) in [4.78, 5) is 26.0. The molecule has 1 N–H and O–H groups in total. The Bertz CT molecular complexity index is 1760. The number of aliphatic imine (C=N–C) groups is 1. The van der Waals surface area contributed by atoms with Gasteiger partial charge in [0.1, 0.15) is 17.9 Å². The minimum atomic E-state index is -0.487. The lowest BCUT2D eigenvalue weighted by molar-refractivity contribution is 0.277. The molecule has 4 aromatic heterocycles. The number of aliphatic hydroxyl groups excluding tert-OH is 1. The van der Waals surface area contributed by atoms with Gasteiger partial charge in [0.2, 0.25) is 0 Å². The molecular formula is C28H24ClFN6O3. The van der Waals surface area contributed by atoms with Gasteiger partial charge in [-0.15, -0.1) is 0 Å². The number of hydrogen-bond acceptors (Lipinski definition) is 7. The van der Waals surface area contributed by atoms with Crippen molar-refractivity contribution in [2.24, 2.45) is 4.99 Å². The van der Waals surface area contributed by atoms with Crippen LogP contribution in [0.15, 0.2) is 70.8 Å². The fraction of sp³-hybridized carbons (Fsp3) is 0.179. The molecule has 0 spiro atoms. The summed E-state index contributed by atoms with van der Waals surface area (Å²) in [6, 6.07) is 12.2. The van der Waals surface area contributed by atoms with Gasteiger partial charge in [-0.2, -0.15) is 5.10 Å². The summed E-state index contributed by atoms with van der Waals surface area (Å²) >= 11 is 6.64. The van der Waals surface area contributed by atoms with Crippen molar-refractivity contribution in [3.8, 4) is 11.4 Å². The van der Waals surface area contributed by atoms with E-state index in [1.807, 2.05) is 13.0 Å². The van der Waals surface area contributed by atoms with Gasteiger partial charge in [0, 0.05) is 36.1 Å². The molecule has 0 radical (unpaired) electrons. The quantitative estimate of drug-likeness (QED) is 0.292. The second kappa shape index (κ2) is 11.1. The topological polar surface area (TPSA) is 107 Å². The summed E-state index contributed by atoms with van der Waals surface area (Å²) < 4.78 is 22.8. The molecule has 5 rings (SSSR count). The van der Waals surface area contributed by atoms with Crippen LogP contribution in [0, 0.1) is 12.7 Å². The van der Waals surface area contributed by atoms with Crippen LogP contribution < -0.4 is 10.3 Å². The molecular weight excluding hydrogens is 523 g/mol. The van der Waals surface area contributed by atoms with Gasteiger partial charge in [0.25, 0.3) is 5.56 Å². The molecule has 1 aromatic carbocycles. The molecule has 0 atom stereocenters. The number of aromatic nitrogens is 5. The zero-order valence-corrected chi connectivity index (χ0v) is 21.9. The van der Waals surface area contributed by atoms with Gasteiger partial charge in [-0.25, -0.2) is 14.1 Å². The van der Waals surface area contributed by atoms with Crippen LogP contribution in [0.1, 0.15) is 28.2 Å². The minimum Gasteiger partial charge on any atom is -0.486 e. The molecule has 0 unspecified atom stereocenters. The predicted octanol–water partition coefficient (Wildman–Crippen LogP) is 4.25. The lowest BCUT2D eigenvalue weighted by Gasteiger charge is -2.16. The van der Waals surface area contributed by atoms with E-state index in [9.17, 15) is 14.3 Å². The highest BCUT2D eigenvalue weighted by Gasteiger charge is 2.16.